The SMILES string of the molecule is Cc1csc(NN=Cc2ccc(Sc3ccc(C(F)(F)F)cn3)c([N+](=O)[O-])c2)n1. The van der Waals surface area contributed by atoms with E-state index >= 15 is 0 Å². The normalized spacial score (nSPS) is 11.7. The highest BCUT2D eigenvalue weighted by molar-refractivity contribution is 7.99. The first kappa shape index (κ1) is 20.7. The van der Waals surface area contributed by atoms with Crippen molar-refractivity contribution in [3.63, 3.8) is 0 Å². The third-order valence-corrected chi connectivity index (χ3v) is 5.33. The molecule has 3 rings (SSSR count). The standard InChI is InChI=1S/C17H12F3N5O2S2/c1-10-9-28-16(23-10)24-22-7-11-2-4-14(13(6-11)25(26)27)29-15-5-3-12(8-21-15)17(18,19)20/h2-9H,1H3,(H,23,24). The maximum Gasteiger partial charge on any atom is 0.417 e. The van der Waals surface area contributed by atoms with Crippen molar-refractivity contribution < 1.29 is 18.1 Å². The number of nitrogens with one attached hydrogen (secondary N) is 1. The van der Waals surface area contributed by atoms with Crippen molar-refractivity contribution in [1.29, 1.82) is 0 Å². The molecule has 1 N–H and O–H groups in total. The quantitative estimate of drug-likeness (QED) is 0.315. The number of nitrogens with zero attached hydrogens (tertiary/aromatic N) is 4. The zero-order valence-corrected chi connectivity index (χ0v) is 16.3. The molecule has 0 bridgehead atoms. The Labute approximate surface area is 170 Å². The zero-order valence-electron chi connectivity index (χ0n) is 14.7. The highest BCUT2D eigenvalue weighted by atomic mass is 32.2. The summed E-state index contributed by atoms with van der Waals surface area (Å²) in [7, 11) is 0. The van der Waals surface area contributed by atoms with Gasteiger partial charge in [-0.3, -0.25) is 15.5 Å². The lowest BCUT2D eigenvalue weighted by molar-refractivity contribution is -0.387. The molecule has 0 saturated carbocycles. The van der Waals surface area contributed by atoms with Gasteiger partial charge >= 0.3 is 6.18 Å². The Morgan fingerprint density at radius 1 is 1.31 bits per heavy atom. The first-order valence-corrected chi connectivity index (χ1v) is 9.63. The third kappa shape index (κ3) is 5.51. The summed E-state index contributed by atoms with van der Waals surface area (Å²) in [5, 5.41) is 18.1. The van der Waals surface area contributed by atoms with Crippen molar-refractivity contribution in [2.45, 2.75) is 23.0 Å². The second kappa shape index (κ2) is 8.57. The third-order valence-electron chi connectivity index (χ3n) is 3.45. The Morgan fingerprint density at radius 3 is 2.69 bits per heavy atom. The van der Waals surface area contributed by atoms with Crippen LogP contribution in [0.2, 0.25) is 0 Å². The van der Waals surface area contributed by atoms with Crippen molar-refractivity contribution in [3.05, 3.63) is 68.8 Å². The van der Waals surface area contributed by atoms with Gasteiger partial charge in [0.05, 0.1) is 27.3 Å². The van der Waals surface area contributed by atoms with Crippen LogP contribution in [-0.4, -0.2) is 21.1 Å². The fraction of sp³-hybridized carbons (Fsp3) is 0.118. The number of hydrogen-bond donors (Lipinski definition) is 1. The monoisotopic (exact) mass is 439 g/mol. The number of benzene rings is 1. The predicted molar refractivity (Wildman–Crippen MR) is 105 cm³/mol. The van der Waals surface area contributed by atoms with E-state index in [-0.39, 0.29) is 15.6 Å². The van der Waals surface area contributed by atoms with Crippen molar-refractivity contribution in [3.8, 4) is 0 Å². The molecule has 3 aromatic rings. The first-order chi connectivity index (χ1) is 13.7. The van der Waals surface area contributed by atoms with Gasteiger partial charge < -0.3 is 0 Å². The molecule has 0 fully saturated rings. The van der Waals surface area contributed by atoms with Crippen LogP contribution in [0.25, 0.3) is 0 Å². The van der Waals surface area contributed by atoms with E-state index < -0.39 is 16.7 Å². The van der Waals surface area contributed by atoms with Crippen molar-refractivity contribution in [2.75, 3.05) is 5.43 Å². The van der Waals surface area contributed by atoms with Crippen LogP contribution in [0.5, 0.6) is 0 Å². The van der Waals surface area contributed by atoms with Gasteiger partial charge in [0, 0.05) is 23.2 Å². The predicted octanol–water partition coefficient (Wildman–Crippen LogP) is 5.37. The van der Waals surface area contributed by atoms with Crippen LogP contribution in [0.15, 0.2) is 56.9 Å². The fourth-order valence-electron chi connectivity index (χ4n) is 2.13. The number of hydrogen-bond acceptors (Lipinski definition) is 8. The highest BCUT2D eigenvalue weighted by Gasteiger charge is 2.30. The molecule has 1 aromatic carbocycles. The minimum absolute atomic E-state index is 0.203. The molecule has 0 saturated heterocycles. The van der Waals surface area contributed by atoms with Crippen LogP contribution in [0.3, 0.4) is 0 Å². The minimum Gasteiger partial charge on any atom is -0.258 e. The topological polar surface area (TPSA) is 93.3 Å². The Bertz CT molecular complexity index is 1050. The molecule has 0 aliphatic heterocycles. The lowest BCUT2D eigenvalue weighted by Crippen LogP contribution is -2.05. The first-order valence-electron chi connectivity index (χ1n) is 7.93. The van der Waals surface area contributed by atoms with E-state index in [4.69, 9.17) is 0 Å². The van der Waals surface area contributed by atoms with Gasteiger partial charge in [-0.25, -0.2) is 9.97 Å². The zero-order chi connectivity index (χ0) is 21.0. The van der Waals surface area contributed by atoms with Crippen LogP contribution in [-0.2, 0) is 6.18 Å². The summed E-state index contributed by atoms with van der Waals surface area (Å²) in [6, 6.07) is 6.49. The maximum atomic E-state index is 12.6. The second-order valence-corrected chi connectivity index (χ2v) is 7.55. The van der Waals surface area contributed by atoms with Gasteiger partial charge in [-0.1, -0.05) is 17.8 Å². The number of anilines is 1. The number of hydrazone groups is 1. The molecule has 0 amide bonds. The van der Waals surface area contributed by atoms with Gasteiger partial charge in [-0.2, -0.15) is 18.3 Å². The van der Waals surface area contributed by atoms with E-state index in [1.165, 1.54) is 35.8 Å². The van der Waals surface area contributed by atoms with Gasteiger partial charge in [0.25, 0.3) is 5.69 Å². The van der Waals surface area contributed by atoms with Crippen LogP contribution >= 0.6 is 23.1 Å². The van der Waals surface area contributed by atoms with Gasteiger partial charge in [-0.05, 0) is 25.1 Å². The largest absolute Gasteiger partial charge is 0.417 e. The van der Waals surface area contributed by atoms with Gasteiger partial charge in [-0.15, -0.1) is 11.3 Å². The van der Waals surface area contributed by atoms with E-state index in [2.05, 4.69) is 20.5 Å². The van der Waals surface area contributed by atoms with E-state index in [0.717, 1.165) is 23.5 Å². The van der Waals surface area contributed by atoms with Gasteiger partial charge in [0.1, 0.15) is 5.03 Å². The van der Waals surface area contributed by atoms with E-state index in [1.807, 2.05) is 12.3 Å². The Balaban J connectivity index is 1.76. The summed E-state index contributed by atoms with van der Waals surface area (Å²) in [6.07, 6.45) is -2.38. The van der Waals surface area contributed by atoms with Crippen LogP contribution < -0.4 is 5.43 Å². The molecule has 7 nitrogen and oxygen atoms in total. The van der Waals surface area contributed by atoms with E-state index in [0.29, 0.717) is 16.9 Å². The van der Waals surface area contributed by atoms with Crippen LogP contribution in [0, 0.1) is 17.0 Å². The van der Waals surface area contributed by atoms with Crippen molar-refractivity contribution in [2.24, 2.45) is 5.10 Å². The number of halogens is 3. The molecule has 0 aliphatic carbocycles. The average Bonchev–Trinajstić information content (AvgIpc) is 3.07. The number of pyridine rings is 1. The van der Waals surface area contributed by atoms with Crippen molar-refractivity contribution in [1.82, 2.24) is 9.97 Å². The van der Waals surface area contributed by atoms with Crippen molar-refractivity contribution >= 4 is 40.1 Å². The number of rotatable bonds is 6. The molecular weight excluding hydrogens is 427 g/mol. The molecule has 0 radical (unpaired) electrons. The smallest absolute Gasteiger partial charge is 0.258 e. The summed E-state index contributed by atoms with van der Waals surface area (Å²) in [4.78, 5) is 19.0. The molecule has 12 heteroatoms. The maximum absolute atomic E-state index is 12.6. The second-order valence-electron chi connectivity index (χ2n) is 5.63. The molecular formula is C17H12F3N5O2S2. The lowest BCUT2D eigenvalue weighted by Gasteiger charge is -2.07. The van der Waals surface area contributed by atoms with E-state index in [9.17, 15) is 23.3 Å². The molecule has 2 heterocycles. The number of nitro benzene ring substituents is 1. The summed E-state index contributed by atoms with van der Waals surface area (Å²) in [5.41, 5.74) is 2.97. The molecule has 0 atom stereocenters. The Kier molecular flexibility index (Phi) is 6.13. The fourth-order valence-corrected chi connectivity index (χ4v) is 3.61. The lowest BCUT2D eigenvalue weighted by atomic mass is 10.2. The number of alkyl halides is 3. The van der Waals surface area contributed by atoms with E-state index in [1.54, 1.807) is 6.07 Å². The Hall–Kier alpha value is -2.99. The van der Waals surface area contributed by atoms with Crippen LogP contribution in [0.1, 0.15) is 16.8 Å². The highest BCUT2D eigenvalue weighted by Crippen LogP contribution is 2.35. The average molecular weight is 439 g/mol. The summed E-state index contributed by atoms with van der Waals surface area (Å²) in [6.45, 7) is 1.84. The number of thiazole rings is 1. The number of aromatic nitrogens is 2. The molecule has 0 unspecified atom stereocenters. The summed E-state index contributed by atoms with van der Waals surface area (Å²) >= 11 is 2.28. The summed E-state index contributed by atoms with van der Waals surface area (Å²) in [5.74, 6) is 0. The number of aryl methyl sites for hydroxylation is 1. The molecule has 0 spiro atoms. The summed E-state index contributed by atoms with van der Waals surface area (Å²) < 4.78 is 37.8. The molecule has 150 valence electrons. The van der Waals surface area contributed by atoms with Gasteiger partial charge in [0.2, 0.25) is 5.13 Å². The Morgan fingerprint density at radius 2 is 2.10 bits per heavy atom. The molecule has 29 heavy (non-hydrogen) atoms. The minimum atomic E-state index is -4.49. The molecule has 0 aliphatic rings. The molecule has 2 aromatic heterocycles. The number of nitro groups is 1. The van der Waals surface area contributed by atoms with Crippen LogP contribution in [0.4, 0.5) is 24.0 Å². The van der Waals surface area contributed by atoms with Gasteiger partial charge in [0.15, 0.2) is 0 Å².